The van der Waals surface area contributed by atoms with Crippen molar-refractivity contribution in [2.45, 2.75) is 6.42 Å². The van der Waals surface area contributed by atoms with Gasteiger partial charge in [-0.05, 0) is 30.8 Å². The zero-order chi connectivity index (χ0) is 11.2. The zero-order valence-corrected chi connectivity index (χ0v) is 9.06. The average Bonchev–Trinajstić information content (AvgIpc) is 2.87. The molecular weight excluding hydrogens is 198 g/mol. The van der Waals surface area contributed by atoms with Gasteiger partial charge in [-0.15, -0.1) is 0 Å². The van der Waals surface area contributed by atoms with Crippen molar-refractivity contribution in [3.63, 3.8) is 0 Å². The van der Waals surface area contributed by atoms with Crippen molar-refractivity contribution < 1.29 is 0 Å². The van der Waals surface area contributed by atoms with E-state index >= 15 is 0 Å². The third-order valence-electron chi connectivity index (χ3n) is 2.31. The van der Waals surface area contributed by atoms with Crippen LogP contribution in [0.5, 0.6) is 0 Å². The monoisotopic (exact) mass is 213 g/mol. The van der Waals surface area contributed by atoms with Gasteiger partial charge in [0.1, 0.15) is 5.82 Å². The molecule has 2 heterocycles. The first-order valence-corrected chi connectivity index (χ1v) is 5.36. The summed E-state index contributed by atoms with van der Waals surface area (Å²) in [5, 5.41) is 4.17. The zero-order valence-electron chi connectivity index (χ0n) is 9.06. The fourth-order valence-corrected chi connectivity index (χ4v) is 1.50. The Morgan fingerprint density at radius 1 is 1.12 bits per heavy atom. The lowest BCUT2D eigenvalue weighted by molar-refractivity contribution is 0.917. The lowest BCUT2D eigenvalue weighted by Gasteiger charge is -1.95. The van der Waals surface area contributed by atoms with Crippen LogP contribution in [0.2, 0.25) is 0 Å². The van der Waals surface area contributed by atoms with Gasteiger partial charge in [0.05, 0.1) is 5.52 Å². The number of nitrogen functional groups attached to an aromatic ring is 1. The molecule has 0 radical (unpaired) electrons. The quantitative estimate of drug-likeness (QED) is 0.706. The molecule has 1 aliphatic rings. The minimum Gasteiger partial charge on any atom is -0.391 e. The Bertz CT molecular complexity index is 485. The molecule has 2 aromatic rings. The number of rotatable bonds is 0. The number of nitrogens with one attached hydrogen (secondary N) is 1. The largest absolute Gasteiger partial charge is 0.391 e. The van der Waals surface area contributed by atoms with E-state index in [0.29, 0.717) is 5.82 Å². The summed E-state index contributed by atoms with van der Waals surface area (Å²) in [4.78, 5) is 4.15. The van der Waals surface area contributed by atoms with Gasteiger partial charge in [0.2, 0.25) is 0 Å². The second-order valence-electron chi connectivity index (χ2n) is 3.57. The number of anilines is 1. The number of fused-ring (bicyclic) bond motifs is 1. The average molecular weight is 213 g/mol. The van der Waals surface area contributed by atoms with Crippen LogP contribution in [0.3, 0.4) is 0 Å². The Morgan fingerprint density at radius 3 is 2.69 bits per heavy atom. The van der Waals surface area contributed by atoms with Crippen LogP contribution in [-0.2, 0) is 0 Å². The van der Waals surface area contributed by atoms with Gasteiger partial charge in [0, 0.05) is 11.9 Å². The Morgan fingerprint density at radius 2 is 2.00 bits per heavy atom. The number of pyridine rings is 1. The number of nitrogens with zero attached hydrogens (tertiary/aromatic N) is 1. The molecule has 0 saturated carbocycles. The number of benzene rings is 1. The molecule has 1 aromatic carbocycles. The highest BCUT2D eigenvalue weighted by atomic mass is 14.8. The third-order valence-corrected chi connectivity index (χ3v) is 2.31. The molecule has 3 rings (SSSR count). The molecule has 0 spiro atoms. The Labute approximate surface area is 95.0 Å². The van der Waals surface area contributed by atoms with E-state index in [1.165, 1.54) is 6.42 Å². The summed E-state index contributed by atoms with van der Waals surface area (Å²) in [6, 6.07) is 11.7. The van der Waals surface area contributed by atoms with Crippen molar-refractivity contribution in [2.75, 3.05) is 12.3 Å². The highest BCUT2D eigenvalue weighted by Gasteiger charge is 1.91. The standard InChI is InChI=1S/C9H8N2.C4H7N/c10-9-6-5-7-3-1-2-4-8(7)11-9;1-2-4-5-3-1/h1-6H,(H2,10,11);1,3,5H,2,4H2. The topological polar surface area (TPSA) is 50.9 Å². The molecule has 3 N–H and O–H groups in total. The maximum Gasteiger partial charge on any atom is 0.124 e. The van der Waals surface area contributed by atoms with Gasteiger partial charge in [0.25, 0.3) is 0 Å². The van der Waals surface area contributed by atoms with E-state index in [9.17, 15) is 0 Å². The van der Waals surface area contributed by atoms with Crippen LogP contribution in [0, 0.1) is 0 Å². The van der Waals surface area contributed by atoms with Crippen molar-refractivity contribution in [3.05, 3.63) is 48.7 Å². The number of hydrogen-bond acceptors (Lipinski definition) is 3. The molecule has 0 atom stereocenters. The van der Waals surface area contributed by atoms with Crippen molar-refractivity contribution in [3.8, 4) is 0 Å². The third kappa shape index (κ3) is 2.73. The van der Waals surface area contributed by atoms with Gasteiger partial charge in [-0.3, -0.25) is 0 Å². The van der Waals surface area contributed by atoms with E-state index in [1.807, 2.05) is 42.6 Å². The van der Waals surface area contributed by atoms with E-state index in [0.717, 1.165) is 17.4 Å². The molecule has 82 valence electrons. The lowest BCUT2D eigenvalue weighted by Crippen LogP contribution is -1.96. The SMILES string of the molecule is C1=CNCC1.Nc1ccc2ccccc2n1. The van der Waals surface area contributed by atoms with Crippen molar-refractivity contribution in [1.29, 1.82) is 0 Å². The first-order valence-electron chi connectivity index (χ1n) is 5.36. The van der Waals surface area contributed by atoms with E-state index in [-0.39, 0.29) is 0 Å². The van der Waals surface area contributed by atoms with Gasteiger partial charge in [0.15, 0.2) is 0 Å². The summed E-state index contributed by atoms with van der Waals surface area (Å²) in [6.45, 7) is 1.14. The molecule has 0 saturated heterocycles. The van der Waals surface area contributed by atoms with Crippen LogP contribution in [0.1, 0.15) is 6.42 Å². The van der Waals surface area contributed by atoms with Crippen LogP contribution in [0.25, 0.3) is 10.9 Å². The van der Waals surface area contributed by atoms with E-state index in [1.54, 1.807) is 0 Å². The van der Waals surface area contributed by atoms with Gasteiger partial charge < -0.3 is 11.1 Å². The molecule has 0 aliphatic carbocycles. The number of para-hydroxylation sites is 1. The minimum atomic E-state index is 0.573. The lowest BCUT2D eigenvalue weighted by atomic mass is 10.2. The molecule has 1 aliphatic heterocycles. The molecule has 3 nitrogen and oxygen atoms in total. The molecular formula is C13H15N3. The molecule has 16 heavy (non-hydrogen) atoms. The van der Waals surface area contributed by atoms with Gasteiger partial charge in [-0.25, -0.2) is 4.98 Å². The highest BCUT2D eigenvalue weighted by molar-refractivity contribution is 5.79. The van der Waals surface area contributed by atoms with Crippen LogP contribution >= 0.6 is 0 Å². The highest BCUT2D eigenvalue weighted by Crippen LogP contribution is 2.11. The predicted molar refractivity (Wildman–Crippen MR) is 67.9 cm³/mol. The Kier molecular flexibility index (Phi) is 3.38. The molecule has 1 aromatic heterocycles. The molecule has 3 heteroatoms. The predicted octanol–water partition coefficient (Wildman–Crippen LogP) is 2.31. The van der Waals surface area contributed by atoms with Crippen LogP contribution in [0.4, 0.5) is 5.82 Å². The number of nitrogens with two attached hydrogens (primary N) is 1. The maximum atomic E-state index is 5.51. The molecule has 0 bridgehead atoms. The second-order valence-corrected chi connectivity index (χ2v) is 3.57. The number of aromatic nitrogens is 1. The fourth-order valence-electron chi connectivity index (χ4n) is 1.50. The molecule has 0 fully saturated rings. The number of hydrogen-bond donors (Lipinski definition) is 2. The normalized spacial score (nSPS) is 13.0. The summed E-state index contributed by atoms with van der Waals surface area (Å²) in [6.07, 6.45) is 5.32. The van der Waals surface area contributed by atoms with Gasteiger partial charge >= 0.3 is 0 Å². The Balaban J connectivity index is 0.000000162. The van der Waals surface area contributed by atoms with Crippen LogP contribution in [0.15, 0.2) is 48.7 Å². The van der Waals surface area contributed by atoms with Crippen molar-refractivity contribution >= 4 is 16.7 Å². The van der Waals surface area contributed by atoms with Gasteiger partial charge in [-0.2, -0.15) is 0 Å². The first kappa shape index (κ1) is 10.5. The van der Waals surface area contributed by atoms with Crippen molar-refractivity contribution in [2.24, 2.45) is 0 Å². The van der Waals surface area contributed by atoms with Crippen molar-refractivity contribution in [1.82, 2.24) is 10.3 Å². The van der Waals surface area contributed by atoms with Crippen LogP contribution in [-0.4, -0.2) is 11.5 Å². The summed E-state index contributed by atoms with van der Waals surface area (Å²) in [5.41, 5.74) is 6.46. The summed E-state index contributed by atoms with van der Waals surface area (Å²) < 4.78 is 0. The minimum absolute atomic E-state index is 0.573. The summed E-state index contributed by atoms with van der Waals surface area (Å²) in [5.74, 6) is 0.573. The first-order chi connectivity index (χ1) is 7.86. The Hall–Kier alpha value is -2.03. The van der Waals surface area contributed by atoms with E-state index in [4.69, 9.17) is 5.73 Å². The van der Waals surface area contributed by atoms with Crippen LogP contribution < -0.4 is 11.1 Å². The fraction of sp³-hybridized carbons (Fsp3) is 0.154. The second kappa shape index (κ2) is 5.16. The molecule has 0 unspecified atom stereocenters. The van der Waals surface area contributed by atoms with Gasteiger partial charge in [-0.1, -0.05) is 24.3 Å². The summed E-state index contributed by atoms with van der Waals surface area (Å²) >= 11 is 0. The summed E-state index contributed by atoms with van der Waals surface area (Å²) in [7, 11) is 0. The van der Waals surface area contributed by atoms with E-state index < -0.39 is 0 Å². The molecule has 0 amide bonds. The maximum absolute atomic E-state index is 5.51. The van der Waals surface area contributed by atoms with E-state index in [2.05, 4.69) is 16.4 Å². The smallest absolute Gasteiger partial charge is 0.124 e.